The molecule has 1 amide bonds. The van der Waals surface area contributed by atoms with Crippen LogP contribution in [0.3, 0.4) is 0 Å². The molecule has 0 aliphatic rings. The van der Waals surface area contributed by atoms with Crippen LogP contribution in [0, 0.1) is 6.92 Å². The number of benzene rings is 1. The number of ether oxygens (including phenoxy) is 2. The number of thiophene rings is 1. The number of aryl methyl sites for hydroxylation is 1. The number of hydrogen-bond donors (Lipinski definition) is 1. The molecule has 0 spiro atoms. The van der Waals surface area contributed by atoms with Crippen molar-refractivity contribution in [1.29, 1.82) is 0 Å². The van der Waals surface area contributed by atoms with Gasteiger partial charge < -0.3 is 14.8 Å². The maximum Gasteiger partial charge on any atom is 0.350 e. The minimum absolute atomic E-state index is 0.374. The highest BCUT2D eigenvalue weighted by atomic mass is 32.1. The first kappa shape index (κ1) is 18.1. The van der Waals surface area contributed by atoms with E-state index in [2.05, 4.69) is 10.3 Å². The topological polar surface area (TPSA) is 77.5 Å². The van der Waals surface area contributed by atoms with Crippen molar-refractivity contribution in [3.63, 3.8) is 0 Å². The largest absolute Gasteiger partial charge is 0.497 e. The number of carbonyl (C=O) groups is 2. The number of aromatic nitrogens is 1. The van der Waals surface area contributed by atoms with E-state index in [9.17, 15) is 9.59 Å². The lowest BCUT2D eigenvalue weighted by Gasteiger charge is -2.07. The Labute approximate surface area is 158 Å². The molecule has 2 aromatic heterocycles. The van der Waals surface area contributed by atoms with E-state index >= 15 is 0 Å². The predicted molar refractivity (Wildman–Crippen MR) is 102 cm³/mol. The first-order chi connectivity index (χ1) is 12.6. The molecule has 0 saturated heterocycles. The molecule has 0 fully saturated rings. The van der Waals surface area contributed by atoms with Crippen molar-refractivity contribution in [3.8, 4) is 16.3 Å². The average Bonchev–Trinajstić information content (AvgIpc) is 3.29. The van der Waals surface area contributed by atoms with Gasteiger partial charge in [-0.3, -0.25) is 4.79 Å². The van der Waals surface area contributed by atoms with Crippen molar-refractivity contribution in [2.75, 3.05) is 19.0 Å². The number of rotatable bonds is 6. The van der Waals surface area contributed by atoms with Crippen molar-refractivity contribution in [1.82, 2.24) is 4.98 Å². The quantitative estimate of drug-likeness (QED) is 0.646. The summed E-state index contributed by atoms with van der Waals surface area (Å²) < 4.78 is 10.2. The third-order valence-electron chi connectivity index (χ3n) is 3.44. The molecule has 0 bridgehead atoms. The molecule has 0 aliphatic carbocycles. The van der Waals surface area contributed by atoms with Crippen LogP contribution in [0.2, 0.25) is 0 Å². The number of amides is 1. The van der Waals surface area contributed by atoms with Gasteiger partial charge in [0.05, 0.1) is 12.8 Å². The Kier molecular flexibility index (Phi) is 5.65. The smallest absolute Gasteiger partial charge is 0.350 e. The minimum Gasteiger partial charge on any atom is -0.497 e. The van der Waals surface area contributed by atoms with Crippen molar-refractivity contribution in [2.24, 2.45) is 0 Å². The van der Waals surface area contributed by atoms with Gasteiger partial charge in [-0.1, -0.05) is 6.07 Å². The Bertz CT molecular complexity index is 919. The Hall–Kier alpha value is -2.71. The third-order valence-corrected chi connectivity index (χ3v) is 5.31. The Balaban J connectivity index is 1.59. The number of nitrogens with zero attached hydrogens (tertiary/aromatic N) is 1. The molecule has 3 rings (SSSR count). The van der Waals surface area contributed by atoms with E-state index in [0.29, 0.717) is 22.0 Å². The second kappa shape index (κ2) is 8.11. The molecular formula is C18H16N2O4S2. The molecule has 0 unspecified atom stereocenters. The molecule has 8 heteroatoms. The van der Waals surface area contributed by atoms with E-state index in [1.807, 2.05) is 16.8 Å². The zero-order valence-electron chi connectivity index (χ0n) is 14.1. The highest BCUT2D eigenvalue weighted by molar-refractivity contribution is 7.17. The molecule has 0 aliphatic heterocycles. The van der Waals surface area contributed by atoms with E-state index in [1.165, 1.54) is 11.3 Å². The number of anilines is 1. The van der Waals surface area contributed by atoms with Crippen LogP contribution in [-0.4, -0.2) is 30.6 Å². The minimum atomic E-state index is -0.553. The number of esters is 1. The van der Waals surface area contributed by atoms with Crippen molar-refractivity contribution >= 4 is 40.2 Å². The Morgan fingerprint density at radius 3 is 2.85 bits per heavy atom. The lowest BCUT2D eigenvalue weighted by molar-refractivity contribution is -0.119. The molecule has 1 N–H and O–H groups in total. The first-order valence-electron chi connectivity index (χ1n) is 7.68. The first-order valence-corrected chi connectivity index (χ1v) is 9.44. The summed E-state index contributed by atoms with van der Waals surface area (Å²) >= 11 is 2.82. The van der Waals surface area contributed by atoms with Gasteiger partial charge in [0.1, 0.15) is 15.6 Å². The van der Waals surface area contributed by atoms with Gasteiger partial charge in [-0.25, -0.2) is 9.78 Å². The van der Waals surface area contributed by atoms with E-state index in [-0.39, 0.29) is 6.61 Å². The molecule has 2 heterocycles. The summed E-state index contributed by atoms with van der Waals surface area (Å²) in [6, 6.07) is 8.88. The highest BCUT2D eigenvalue weighted by Gasteiger charge is 2.19. The van der Waals surface area contributed by atoms with Crippen LogP contribution in [-0.2, 0) is 9.53 Å². The second-order valence-corrected chi connectivity index (χ2v) is 7.08. The molecule has 0 atom stereocenters. The van der Waals surface area contributed by atoms with Crippen molar-refractivity contribution in [2.45, 2.75) is 6.92 Å². The number of methoxy groups -OCH3 is 1. The molecule has 0 radical (unpaired) electrons. The fourth-order valence-electron chi connectivity index (χ4n) is 2.19. The van der Waals surface area contributed by atoms with Crippen molar-refractivity contribution in [3.05, 3.63) is 51.7 Å². The van der Waals surface area contributed by atoms with Crippen LogP contribution in [0.25, 0.3) is 10.6 Å². The molecular weight excluding hydrogens is 372 g/mol. The fraction of sp³-hybridized carbons (Fsp3) is 0.167. The summed E-state index contributed by atoms with van der Waals surface area (Å²) in [5.74, 6) is -0.352. The lowest BCUT2D eigenvalue weighted by atomic mass is 10.3. The summed E-state index contributed by atoms with van der Waals surface area (Å²) in [6.45, 7) is 1.38. The van der Waals surface area contributed by atoms with Crippen LogP contribution in [0.1, 0.15) is 15.4 Å². The van der Waals surface area contributed by atoms with Gasteiger partial charge in [0.2, 0.25) is 0 Å². The van der Waals surface area contributed by atoms with Crippen LogP contribution in [0.15, 0.2) is 41.1 Å². The zero-order valence-corrected chi connectivity index (χ0v) is 15.8. The summed E-state index contributed by atoms with van der Waals surface area (Å²) in [6.07, 6.45) is 0. The predicted octanol–water partition coefficient (Wildman–Crippen LogP) is 3.98. The molecule has 6 nitrogen and oxygen atoms in total. The maximum atomic E-state index is 12.3. The van der Waals surface area contributed by atoms with Gasteiger partial charge in [-0.2, -0.15) is 11.3 Å². The zero-order chi connectivity index (χ0) is 18.5. The fourth-order valence-corrected chi connectivity index (χ4v) is 3.86. The third kappa shape index (κ3) is 4.27. The normalized spacial score (nSPS) is 10.4. The summed E-state index contributed by atoms with van der Waals surface area (Å²) in [5.41, 5.74) is 2.13. The van der Waals surface area contributed by atoms with E-state index in [4.69, 9.17) is 9.47 Å². The van der Waals surface area contributed by atoms with Crippen LogP contribution >= 0.6 is 22.7 Å². The monoisotopic (exact) mass is 388 g/mol. The molecule has 3 aromatic rings. The average molecular weight is 388 g/mol. The number of thiazole rings is 1. The van der Waals surface area contributed by atoms with Gasteiger partial charge in [-0.05, 0) is 30.5 Å². The van der Waals surface area contributed by atoms with Gasteiger partial charge >= 0.3 is 5.97 Å². The Morgan fingerprint density at radius 2 is 2.12 bits per heavy atom. The molecule has 1 aromatic carbocycles. The van der Waals surface area contributed by atoms with E-state index in [1.54, 1.807) is 49.6 Å². The number of carbonyl (C=O) groups excluding carboxylic acids is 2. The summed E-state index contributed by atoms with van der Waals surface area (Å²) in [4.78, 5) is 29.0. The lowest BCUT2D eigenvalue weighted by Crippen LogP contribution is -2.20. The van der Waals surface area contributed by atoms with Crippen molar-refractivity contribution < 1.29 is 19.1 Å². The van der Waals surface area contributed by atoms with Gasteiger partial charge in [-0.15, -0.1) is 11.3 Å². The second-order valence-electron chi connectivity index (χ2n) is 5.30. The molecule has 0 saturated carbocycles. The van der Waals surface area contributed by atoms with Crippen LogP contribution in [0.5, 0.6) is 5.75 Å². The van der Waals surface area contributed by atoms with Gasteiger partial charge in [0.25, 0.3) is 5.91 Å². The standard InChI is InChI=1S/C18H16N2O4S2/c1-11-16(26-17(19-11)12-6-7-25-10-12)18(22)24-9-15(21)20-13-4-3-5-14(8-13)23-2/h3-8,10H,9H2,1-2H3,(H,20,21). The van der Waals surface area contributed by atoms with Gasteiger partial charge in [0.15, 0.2) is 6.61 Å². The van der Waals surface area contributed by atoms with Gasteiger partial charge in [0, 0.05) is 22.7 Å². The van der Waals surface area contributed by atoms with Crippen LogP contribution < -0.4 is 10.1 Å². The van der Waals surface area contributed by atoms with Crippen LogP contribution in [0.4, 0.5) is 5.69 Å². The highest BCUT2D eigenvalue weighted by Crippen LogP contribution is 2.29. The maximum absolute atomic E-state index is 12.3. The Morgan fingerprint density at radius 1 is 1.27 bits per heavy atom. The SMILES string of the molecule is COc1cccc(NC(=O)COC(=O)c2sc(-c3ccsc3)nc2C)c1. The molecule has 26 heavy (non-hydrogen) atoms. The number of hydrogen-bond acceptors (Lipinski definition) is 7. The van der Waals surface area contributed by atoms with E-state index < -0.39 is 11.9 Å². The van der Waals surface area contributed by atoms with E-state index in [0.717, 1.165) is 10.6 Å². The molecule has 134 valence electrons. The summed E-state index contributed by atoms with van der Waals surface area (Å²) in [5, 5.41) is 7.34. The summed E-state index contributed by atoms with van der Waals surface area (Å²) in [7, 11) is 1.55. The number of nitrogens with one attached hydrogen (secondary N) is 1.